The van der Waals surface area contributed by atoms with Crippen molar-refractivity contribution in [3.8, 4) is 0 Å². The molecule has 2 aromatic rings. The van der Waals surface area contributed by atoms with Crippen molar-refractivity contribution in [3.63, 3.8) is 0 Å². The average molecular weight is 344 g/mol. The van der Waals surface area contributed by atoms with Gasteiger partial charge in [-0.2, -0.15) is 13.2 Å². The van der Waals surface area contributed by atoms with E-state index in [4.69, 9.17) is 4.74 Å². The summed E-state index contributed by atoms with van der Waals surface area (Å²) in [6.45, 7) is 1.30. The van der Waals surface area contributed by atoms with Crippen LogP contribution in [0.25, 0.3) is 0 Å². The van der Waals surface area contributed by atoms with Crippen molar-refractivity contribution in [1.82, 2.24) is 10.3 Å². The number of aryl methyl sites for hydroxylation is 1. The Morgan fingerprint density at radius 2 is 2.04 bits per heavy atom. The SMILES string of the molecule is Cc1csc(C(NC(=O)COCc2ccccc2)C(F)(F)F)n1. The molecule has 0 aliphatic heterocycles. The highest BCUT2D eigenvalue weighted by atomic mass is 32.1. The molecule has 0 fully saturated rings. The lowest BCUT2D eigenvalue weighted by Gasteiger charge is -2.19. The van der Waals surface area contributed by atoms with Gasteiger partial charge in [0.2, 0.25) is 5.91 Å². The highest BCUT2D eigenvalue weighted by Crippen LogP contribution is 2.34. The van der Waals surface area contributed by atoms with E-state index in [9.17, 15) is 18.0 Å². The average Bonchev–Trinajstić information content (AvgIpc) is 2.91. The first-order chi connectivity index (χ1) is 10.9. The third-order valence-corrected chi connectivity index (χ3v) is 3.89. The number of thiazole rings is 1. The van der Waals surface area contributed by atoms with Crippen molar-refractivity contribution in [1.29, 1.82) is 0 Å². The Kier molecular flexibility index (Phi) is 5.73. The normalized spacial score (nSPS) is 12.9. The zero-order chi connectivity index (χ0) is 16.9. The second kappa shape index (κ2) is 7.56. The van der Waals surface area contributed by atoms with Crippen molar-refractivity contribution in [3.05, 3.63) is 52.0 Å². The Hall–Kier alpha value is -1.93. The predicted molar refractivity (Wildman–Crippen MR) is 79.9 cm³/mol. The number of ether oxygens (including phenoxy) is 1. The Morgan fingerprint density at radius 3 is 2.61 bits per heavy atom. The van der Waals surface area contributed by atoms with E-state index in [1.807, 2.05) is 23.5 Å². The van der Waals surface area contributed by atoms with Crippen LogP contribution in [0.4, 0.5) is 13.2 Å². The largest absolute Gasteiger partial charge is 0.415 e. The van der Waals surface area contributed by atoms with Crippen LogP contribution in [0.5, 0.6) is 0 Å². The number of rotatable bonds is 6. The molecule has 0 spiro atoms. The van der Waals surface area contributed by atoms with E-state index in [0.717, 1.165) is 16.9 Å². The summed E-state index contributed by atoms with van der Waals surface area (Å²) in [7, 11) is 0. The lowest BCUT2D eigenvalue weighted by atomic mass is 10.2. The molecule has 23 heavy (non-hydrogen) atoms. The minimum Gasteiger partial charge on any atom is -0.367 e. The second-order valence-electron chi connectivity index (χ2n) is 4.85. The standard InChI is InChI=1S/C15H15F3N2O2S/c1-10-9-23-14(19-10)13(15(16,17)18)20-12(21)8-22-7-11-5-3-2-4-6-11/h2-6,9,13H,7-8H2,1H3,(H,20,21). The molecule has 1 heterocycles. The molecule has 8 heteroatoms. The highest BCUT2D eigenvalue weighted by Gasteiger charge is 2.43. The first kappa shape index (κ1) is 17.4. The summed E-state index contributed by atoms with van der Waals surface area (Å²) in [4.78, 5) is 15.5. The number of hydrogen-bond acceptors (Lipinski definition) is 4. The summed E-state index contributed by atoms with van der Waals surface area (Å²) in [5.74, 6) is -0.837. The molecule has 1 N–H and O–H groups in total. The fraction of sp³-hybridized carbons (Fsp3) is 0.333. The van der Waals surface area contributed by atoms with Gasteiger partial charge in [0.05, 0.1) is 6.61 Å². The molecule has 1 aromatic heterocycles. The van der Waals surface area contributed by atoms with Gasteiger partial charge in [-0.3, -0.25) is 4.79 Å². The smallest absolute Gasteiger partial charge is 0.367 e. The van der Waals surface area contributed by atoms with Gasteiger partial charge in [-0.15, -0.1) is 11.3 Å². The minimum absolute atomic E-state index is 0.154. The zero-order valence-corrected chi connectivity index (χ0v) is 13.1. The Labute approximate surface area is 135 Å². The number of hydrogen-bond donors (Lipinski definition) is 1. The van der Waals surface area contributed by atoms with Crippen molar-refractivity contribution in [2.75, 3.05) is 6.61 Å². The number of nitrogens with zero attached hydrogens (tertiary/aromatic N) is 1. The van der Waals surface area contributed by atoms with Crippen LogP contribution in [0.15, 0.2) is 35.7 Å². The third kappa shape index (κ3) is 5.33. The van der Waals surface area contributed by atoms with Crippen molar-refractivity contribution in [2.24, 2.45) is 0 Å². The number of alkyl halides is 3. The van der Waals surface area contributed by atoms with Gasteiger partial charge in [-0.25, -0.2) is 4.98 Å². The van der Waals surface area contributed by atoms with Crippen LogP contribution >= 0.6 is 11.3 Å². The summed E-state index contributed by atoms with van der Waals surface area (Å²) in [6.07, 6.45) is -4.61. The van der Waals surface area contributed by atoms with Gasteiger partial charge in [0.1, 0.15) is 11.6 Å². The van der Waals surface area contributed by atoms with Gasteiger partial charge in [-0.05, 0) is 12.5 Å². The quantitative estimate of drug-likeness (QED) is 0.874. The zero-order valence-electron chi connectivity index (χ0n) is 12.3. The molecular weight excluding hydrogens is 329 g/mol. The number of nitrogens with one attached hydrogen (secondary N) is 1. The predicted octanol–water partition coefficient (Wildman–Crippen LogP) is 3.39. The number of carbonyl (C=O) groups excluding carboxylic acids is 1. The van der Waals surface area contributed by atoms with E-state index in [1.165, 1.54) is 5.38 Å². The van der Waals surface area contributed by atoms with E-state index in [0.29, 0.717) is 5.69 Å². The molecule has 2 rings (SSSR count). The van der Waals surface area contributed by atoms with Gasteiger partial charge >= 0.3 is 6.18 Å². The van der Waals surface area contributed by atoms with Gasteiger partial charge in [0.15, 0.2) is 6.04 Å². The molecule has 4 nitrogen and oxygen atoms in total. The summed E-state index contributed by atoms with van der Waals surface area (Å²) in [6, 6.07) is 6.94. The summed E-state index contributed by atoms with van der Waals surface area (Å²) in [5.41, 5.74) is 1.32. The molecule has 0 aliphatic rings. The Morgan fingerprint density at radius 1 is 1.35 bits per heavy atom. The molecule has 124 valence electrons. The molecule has 1 amide bonds. The third-order valence-electron chi connectivity index (χ3n) is 2.86. The molecule has 0 saturated heterocycles. The maximum absolute atomic E-state index is 13.1. The fourth-order valence-corrected chi connectivity index (χ4v) is 2.70. The van der Waals surface area contributed by atoms with E-state index in [1.54, 1.807) is 19.1 Å². The molecule has 0 saturated carbocycles. The number of aromatic nitrogens is 1. The minimum atomic E-state index is -4.61. The number of halogens is 3. The monoisotopic (exact) mass is 344 g/mol. The first-order valence-corrected chi connectivity index (χ1v) is 7.64. The number of carbonyl (C=O) groups is 1. The van der Waals surface area contributed by atoms with Crippen LogP contribution in [0.1, 0.15) is 22.3 Å². The van der Waals surface area contributed by atoms with E-state index >= 15 is 0 Å². The topological polar surface area (TPSA) is 51.2 Å². The van der Waals surface area contributed by atoms with Gasteiger partial charge in [-0.1, -0.05) is 30.3 Å². The number of amides is 1. The van der Waals surface area contributed by atoms with Crippen LogP contribution in [-0.4, -0.2) is 23.7 Å². The highest BCUT2D eigenvalue weighted by molar-refractivity contribution is 7.09. The molecule has 1 aromatic carbocycles. The first-order valence-electron chi connectivity index (χ1n) is 6.76. The van der Waals surface area contributed by atoms with Crippen molar-refractivity contribution in [2.45, 2.75) is 25.7 Å². The van der Waals surface area contributed by atoms with Crippen LogP contribution in [0.2, 0.25) is 0 Å². The summed E-state index contributed by atoms with van der Waals surface area (Å²) in [5, 5.41) is 3.25. The lowest BCUT2D eigenvalue weighted by molar-refractivity contribution is -0.164. The summed E-state index contributed by atoms with van der Waals surface area (Å²) >= 11 is 0.861. The maximum Gasteiger partial charge on any atom is 0.415 e. The van der Waals surface area contributed by atoms with Crippen molar-refractivity contribution < 1.29 is 22.7 Å². The van der Waals surface area contributed by atoms with E-state index < -0.39 is 24.7 Å². The van der Waals surface area contributed by atoms with E-state index in [-0.39, 0.29) is 11.6 Å². The van der Waals surface area contributed by atoms with Crippen LogP contribution in [-0.2, 0) is 16.1 Å². The van der Waals surface area contributed by atoms with Gasteiger partial charge in [0, 0.05) is 11.1 Å². The van der Waals surface area contributed by atoms with Crippen LogP contribution in [0, 0.1) is 6.92 Å². The maximum atomic E-state index is 13.1. The Bertz CT molecular complexity index is 644. The molecule has 0 aliphatic carbocycles. The fourth-order valence-electron chi connectivity index (χ4n) is 1.83. The molecule has 1 unspecified atom stereocenters. The van der Waals surface area contributed by atoms with Gasteiger partial charge < -0.3 is 10.1 Å². The van der Waals surface area contributed by atoms with Crippen molar-refractivity contribution >= 4 is 17.2 Å². The number of benzene rings is 1. The molecule has 1 atom stereocenters. The molecular formula is C15H15F3N2O2S. The van der Waals surface area contributed by atoms with Crippen LogP contribution in [0.3, 0.4) is 0 Å². The van der Waals surface area contributed by atoms with Gasteiger partial charge in [0.25, 0.3) is 0 Å². The second-order valence-corrected chi connectivity index (χ2v) is 5.74. The van der Waals surface area contributed by atoms with Crippen LogP contribution < -0.4 is 5.32 Å². The Balaban J connectivity index is 1.90. The van der Waals surface area contributed by atoms with E-state index in [2.05, 4.69) is 4.98 Å². The summed E-state index contributed by atoms with van der Waals surface area (Å²) < 4.78 is 44.4. The lowest BCUT2D eigenvalue weighted by Crippen LogP contribution is -2.39. The molecule has 0 radical (unpaired) electrons. The molecule has 0 bridgehead atoms.